The molecule has 0 aliphatic carbocycles. The van der Waals surface area contributed by atoms with Crippen LogP contribution in [0.15, 0.2) is 0 Å². The van der Waals surface area contributed by atoms with Crippen LogP contribution in [0.3, 0.4) is 0 Å². The molecule has 7 heavy (non-hydrogen) atoms. The molecule has 0 saturated heterocycles. The summed E-state index contributed by atoms with van der Waals surface area (Å²) in [6.45, 7) is 0. The minimum absolute atomic E-state index is 0.357. The molecule has 0 aromatic carbocycles. The Morgan fingerprint density at radius 2 is 2.43 bits per heavy atom. The van der Waals surface area contributed by atoms with Crippen LogP contribution in [0.5, 0.6) is 0 Å². The third kappa shape index (κ3) is 5.25. The molecule has 4 heteroatoms. The number of alkyl halides is 3. The molecule has 0 aliphatic heterocycles. The number of nitrogens with zero attached hydrogens (tertiary/aromatic N) is 1. The zero-order valence-electron chi connectivity index (χ0n) is 4.19. The molecule has 2 nitrogen and oxygen atoms in total. The van der Waals surface area contributed by atoms with Crippen molar-refractivity contribution < 1.29 is 21.2 Å². The first kappa shape index (κ1) is 8.38. The zero-order chi connectivity index (χ0) is 5.70. The van der Waals surface area contributed by atoms with Gasteiger partial charge in [-0.05, 0) is 0 Å². The van der Waals surface area contributed by atoms with Crippen molar-refractivity contribution >= 4 is 22.6 Å². The molecule has 0 aromatic heterocycles. The first-order valence-electron chi connectivity index (χ1n) is 1.80. The Hall–Kier alpha value is 1.38. The Balaban J connectivity index is 2.83. The second-order valence-corrected chi connectivity index (χ2v) is 3.99. The summed E-state index contributed by atoms with van der Waals surface area (Å²) in [7, 11) is 0. The van der Waals surface area contributed by atoms with Crippen LogP contribution < -0.4 is 27.0 Å². The second kappa shape index (κ2) is 5.52. The van der Waals surface area contributed by atoms with Gasteiger partial charge in [-0.2, -0.15) is 0 Å². The van der Waals surface area contributed by atoms with Gasteiger partial charge in [0.25, 0.3) is 0 Å². The summed E-state index contributed by atoms with van der Waals surface area (Å²) < 4.78 is 2.06. The number of hydrogen-bond donors (Lipinski definition) is 1. The molecule has 0 amide bonds. The van der Waals surface area contributed by atoms with E-state index >= 15 is 0 Å². The van der Waals surface area contributed by atoms with E-state index < -0.39 is 0 Å². The molecule has 0 radical (unpaired) electrons. The number of hydrogen-bond acceptors (Lipinski definition) is 2. The summed E-state index contributed by atoms with van der Waals surface area (Å²) >= 11 is 2.61. The summed E-state index contributed by atoms with van der Waals surface area (Å²) in [5.74, 6) is 5.44. The molecule has 0 spiro atoms. The van der Waals surface area contributed by atoms with Crippen molar-refractivity contribution in [3.8, 4) is 0 Å². The molecule has 2 N–H and O–H groups in total. The zero-order valence-corrected chi connectivity index (χ0v) is 8.51. The quantitative estimate of drug-likeness (QED) is 0.200. The summed E-state index contributed by atoms with van der Waals surface area (Å²) in [6.07, 6.45) is 0. The third-order valence-electron chi connectivity index (χ3n) is 0.427. The number of halogens is 2. The van der Waals surface area contributed by atoms with Gasteiger partial charge in [-0.3, -0.25) is 0 Å². The molecule has 0 heterocycles. The standard InChI is InChI=1S/C3H9I2N2/c1-5-3-7(6)2-4/h2-3,6H2,1H3/q-1. The topological polar surface area (TPSA) is 29.3 Å². The monoisotopic (exact) mass is 327 g/mol. The van der Waals surface area contributed by atoms with Crippen molar-refractivity contribution in [3.05, 3.63) is 0 Å². The fraction of sp³-hybridized carbons (Fsp3) is 1.00. The van der Waals surface area contributed by atoms with Crippen LogP contribution in [0, 0.1) is 0 Å². The summed E-state index contributed by atoms with van der Waals surface area (Å²) in [4.78, 5) is 2.23. The SMILES string of the molecule is C[I-]CN(N)CI. The number of hydrazine groups is 1. The van der Waals surface area contributed by atoms with Gasteiger partial charge >= 0.3 is 68.7 Å². The van der Waals surface area contributed by atoms with Gasteiger partial charge in [-0.15, -0.1) is 0 Å². The third-order valence-corrected chi connectivity index (χ3v) is 2.86. The Labute approximate surface area is 68.2 Å². The van der Waals surface area contributed by atoms with Gasteiger partial charge in [0.1, 0.15) is 0 Å². The van der Waals surface area contributed by atoms with Gasteiger partial charge in [-0.1, -0.05) is 0 Å². The van der Waals surface area contributed by atoms with Crippen molar-refractivity contribution in [3.63, 3.8) is 0 Å². The van der Waals surface area contributed by atoms with Gasteiger partial charge in [-0.25, -0.2) is 0 Å². The molecule has 46 valence electrons. The maximum absolute atomic E-state index is 5.44. The molecule has 0 aromatic rings. The molecular formula is C3H9I2N2-. The number of rotatable bonds is 3. The Kier molecular flexibility index (Phi) is 6.60. The molecule has 0 fully saturated rings. The van der Waals surface area contributed by atoms with Crippen LogP contribution in [0.25, 0.3) is 0 Å². The summed E-state index contributed by atoms with van der Waals surface area (Å²) in [5.41, 5.74) is 0. The van der Waals surface area contributed by atoms with E-state index in [1.807, 2.05) is 5.01 Å². The van der Waals surface area contributed by atoms with Crippen LogP contribution in [0.2, 0.25) is 0 Å². The average molecular weight is 327 g/mol. The average Bonchev–Trinajstić information content (AvgIpc) is 1.68. The number of nitrogens with two attached hydrogens (primary N) is 1. The summed E-state index contributed by atoms with van der Waals surface area (Å²) in [5, 5.41) is 1.84. The Morgan fingerprint density at radius 1 is 1.86 bits per heavy atom. The molecule has 0 rings (SSSR count). The molecule has 0 bridgehead atoms. The van der Waals surface area contributed by atoms with Gasteiger partial charge in [0.15, 0.2) is 0 Å². The normalized spacial score (nSPS) is 10.9. The molecular weight excluding hydrogens is 318 g/mol. The summed E-state index contributed by atoms with van der Waals surface area (Å²) in [6, 6.07) is 0. The van der Waals surface area contributed by atoms with Crippen molar-refractivity contribution in [2.75, 3.05) is 14.0 Å². The van der Waals surface area contributed by atoms with Crippen molar-refractivity contribution in [1.82, 2.24) is 5.01 Å². The Morgan fingerprint density at radius 3 is 2.57 bits per heavy atom. The molecule has 0 saturated carbocycles. The van der Waals surface area contributed by atoms with E-state index in [4.69, 9.17) is 5.84 Å². The fourth-order valence-electron chi connectivity index (χ4n) is 0.185. The minimum atomic E-state index is 0.357. The van der Waals surface area contributed by atoms with E-state index in [1.54, 1.807) is 0 Å². The Bertz CT molecular complexity index is 41.9. The maximum atomic E-state index is 5.44. The van der Waals surface area contributed by atoms with Gasteiger partial charge in [0, 0.05) is 0 Å². The second-order valence-electron chi connectivity index (χ2n) is 1.10. The van der Waals surface area contributed by atoms with Crippen LogP contribution in [0.1, 0.15) is 0 Å². The predicted octanol–water partition coefficient (Wildman–Crippen LogP) is -2.77. The van der Waals surface area contributed by atoms with E-state index in [9.17, 15) is 0 Å². The van der Waals surface area contributed by atoms with Gasteiger partial charge in [0.05, 0.1) is 0 Å². The van der Waals surface area contributed by atoms with Crippen LogP contribution in [0.4, 0.5) is 0 Å². The molecule has 0 unspecified atom stereocenters. The van der Waals surface area contributed by atoms with Crippen molar-refractivity contribution in [2.45, 2.75) is 0 Å². The van der Waals surface area contributed by atoms with Crippen LogP contribution in [-0.4, -0.2) is 19.0 Å². The van der Waals surface area contributed by atoms with Gasteiger partial charge < -0.3 is 0 Å². The molecule has 0 aliphatic rings. The molecule has 0 atom stereocenters. The van der Waals surface area contributed by atoms with Gasteiger partial charge in [0.2, 0.25) is 0 Å². The van der Waals surface area contributed by atoms with E-state index in [0.29, 0.717) is 21.2 Å². The fourth-order valence-corrected chi connectivity index (χ4v) is 2.47. The first-order valence-corrected chi connectivity index (χ1v) is 7.01. The van der Waals surface area contributed by atoms with Crippen molar-refractivity contribution in [2.24, 2.45) is 5.84 Å². The predicted molar refractivity (Wildman–Crippen MR) is 35.7 cm³/mol. The van der Waals surface area contributed by atoms with Crippen LogP contribution in [-0.2, 0) is 0 Å². The first-order chi connectivity index (χ1) is 3.31. The van der Waals surface area contributed by atoms with E-state index in [-0.39, 0.29) is 0 Å². The van der Waals surface area contributed by atoms with Crippen LogP contribution >= 0.6 is 22.6 Å². The van der Waals surface area contributed by atoms with E-state index in [1.165, 1.54) is 0 Å². The van der Waals surface area contributed by atoms with Crippen molar-refractivity contribution in [1.29, 1.82) is 0 Å². The van der Waals surface area contributed by atoms with E-state index in [0.717, 1.165) is 9.10 Å². The van der Waals surface area contributed by atoms with E-state index in [2.05, 4.69) is 27.5 Å².